The number of allylic oxidation sites excluding steroid dienone is 4. The van der Waals surface area contributed by atoms with Crippen LogP contribution in [0.2, 0.25) is 0 Å². The number of aromatic nitrogens is 1. The van der Waals surface area contributed by atoms with Gasteiger partial charge in [-0.25, -0.2) is 0 Å². The fourth-order valence-corrected chi connectivity index (χ4v) is 11.3. The molecule has 2 aromatic carbocycles. The Hall–Kier alpha value is -3.88. The van der Waals surface area contributed by atoms with Crippen molar-refractivity contribution in [2.24, 2.45) is 28.6 Å². The Labute approximate surface area is 351 Å². The molecule has 2 heterocycles. The smallest absolute Gasteiger partial charge is 0.248 e. The number of aliphatic hydroxyl groups excluding tert-OH is 3. The first-order valence-corrected chi connectivity index (χ1v) is 20.7. The summed E-state index contributed by atoms with van der Waals surface area (Å²) in [5.41, 5.74) is 0.830. The minimum Gasteiger partial charge on any atom is -0.506 e. The molecule has 12 nitrogen and oxygen atoms in total. The maximum Gasteiger partial charge on any atom is 0.248 e. The summed E-state index contributed by atoms with van der Waals surface area (Å²) in [6, 6.07) is 14.2. The van der Waals surface area contributed by atoms with Crippen LogP contribution in [-0.2, 0) is 25.5 Å². The normalized spacial score (nSPS) is 32.6. The molecule has 11 atom stereocenters. The lowest BCUT2D eigenvalue weighted by Gasteiger charge is -2.59. The highest BCUT2D eigenvalue weighted by Crippen LogP contribution is 2.69. The first kappa shape index (κ1) is 44.7. The first-order valence-electron chi connectivity index (χ1n) is 20.7. The molecule has 1 aliphatic heterocycles. The zero-order valence-electron chi connectivity index (χ0n) is 34.5. The third kappa shape index (κ3) is 7.93. The van der Waals surface area contributed by atoms with Crippen molar-refractivity contribution in [1.29, 1.82) is 0 Å². The van der Waals surface area contributed by atoms with Crippen LogP contribution in [0.4, 0.5) is 0 Å². The second kappa shape index (κ2) is 17.6. The van der Waals surface area contributed by atoms with E-state index in [-0.39, 0.29) is 64.5 Å². The van der Waals surface area contributed by atoms with Gasteiger partial charge < -0.3 is 44.9 Å². The number of rotatable bonds is 11. The number of Topliss-reactive ketones (excluding diaryl/α,β-unsaturated/α-hetero) is 1. The molecule has 0 radical (unpaired) electrons. The van der Waals surface area contributed by atoms with E-state index in [0.29, 0.717) is 42.3 Å². The molecule has 0 amide bonds. The van der Waals surface area contributed by atoms with Crippen molar-refractivity contribution < 1.29 is 44.2 Å². The molecule has 8 rings (SSSR count). The summed E-state index contributed by atoms with van der Waals surface area (Å²) >= 11 is 0. The number of nitrogens with one attached hydrogen (secondary N) is 2. The van der Waals surface area contributed by atoms with Crippen LogP contribution in [0.25, 0.3) is 10.9 Å². The second-order valence-electron chi connectivity index (χ2n) is 17.4. The van der Waals surface area contributed by atoms with Gasteiger partial charge in [-0.2, -0.15) is 0 Å². The highest BCUT2D eigenvalue weighted by atomic mass is 35.5. The fraction of sp³-hybridized carbons (Fsp3) is 0.543. The number of pyridine rings is 1. The van der Waals surface area contributed by atoms with Gasteiger partial charge in [0.2, 0.25) is 5.56 Å². The van der Waals surface area contributed by atoms with Crippen molar-refractivity contribution >= 4 is 34.9 Å². The highest BCUT2D eigenvalue weighted by Gasteiger charge is 2.75. The van der Waals surface area contributed by atoms with E-state index in [1.54, 1.807) is 31.4 Å². The molecule has 0 bridgehead atoms. The van der Waals surface area contributed by atoms with Crippen LogP contribution in [0.15, 0.2) is 77.1 Å². The maximum absolute atomic E-state index is 13.2. The predicted molar refractivity (Wildman–Crippen MR) is 225 cm³/mol. The molecule has 1 aromatic heterocycles. The van der Waals surface area contributed by atoms with Crippen LogP contribution in [0.3, 0.4) is 0 Å². The molecule has 5 aliphatic rings. The zero-order valence-corrected chi connectivity index (χ0v) is 35.3. The van der Waals surface area contributed by atoms with Crippen molar-refractivity contribution in [3.63, 3.8) is 0 Å². The number of phenolic OH excluding ortho intramolecular Hbond substituents is 1. The minimum atomic E-state index is -1.20. The van der Waals surface area contributed by atoms with Gasteiger partial charge in [-0.3, -0.25) is 14.4 Å². The zero-order chi connectivity index (χ0) is 41.6. The van der Waals surface area contributed by atoms with Crippen molar-refractivity contribution in [1.82, 2.24) is 10.3 Å². The molecule has 1 saturated heterocycles. The maximum atomic E-state index is 13.2. The summed E-state index contributed by atoms with van der Waals surface area (Å²) in [7, 11) is 1.64. The minimum absolute atomic E-state index is 0. The van der Waals surface area contributed by atoms with E-state index >= 15 is 0 Å². The average Bonchev–Trinajstić information content (AvgIpc) is 3.69. The van der Waals surface area contributed by atoms with E-state index in [0.717, 1.165) is 37.0 Å². The molecule has 4 fully saturated rings. The number of phenols is 1. The molecule has 0 spiro atoms. The number of ether oxygens (including phenoxy) is 3. The molecular weight excluding hydrogens is 776 g/mol. The van der Waals surface area contributed by atoms with Crippen LogP contribution >= 0.6 is 12.4 Å². The Balaban J connectivity index is 0.000000197. The SMILES string of the molecule is CCCC1O[C@@H]2C[C@H]3[C@@H]4CCC5=CC(=O)C=C[C@]5(C)[C@H]4[C@@H](O)C[C@]3(C)[C@]2(C(=O)CO)O1.COc1ccc(C[C@@H](C)NC[C@H](O)c2ccc(O)c3[nH]c(=O)ccc23)cc1.Cl. The van der Waals surface area contributed by atoms with Gasteiger partial charge in [0.05, 0.1) is 30.9 Å². The van der Waals surface area contributed by atoms with Crippen LogP contribution < -0.4 is 15.6 Å². The van der Waals surface area contributed by atoms with Gasteiger partial charge in [0.25, 0.3) is 0 Å². The number of H-pyrrole nitrogens is 1. The van der Waals surface area contributed by atoms with Crippen molar-refractivity contribution in [2.45, 2.75) is 109 Å². The molecule has 4 aliphatic carbocycles. The van der Waals surface area contributed by atoms with Crippen LogP contribution in [0, 0.1) is 28.6 Å². The standard InChI is InChI=1S/C25H34O6.C21H24N2O4.ClH/c1-4-5-21-30-20-11-17-16-7-6-14-10-15(27)8-9-23(14,2)22(16)18(28)12-24(17,3)25(20,31-21)19(29)13-26;1-13(11-14-3-5-15(27-2)6-4-14)22-12-19(25)16-7-9-18(24)21-17(16)8-10-20(26)23-21;/h8-10,16-18,20-22,26,28H,4-7,11-13H2,1-3H3;3-10,13,19,22,24-25H,11-12H2,1-2H3,(H,23,26);1H/t16-,17-,18-,20+,21?,22+,23-,24-,25+;13-,19+;/m01./s1. The lowest BCUT2D eigenvalue weighted by Crippen LogP contribution is -2.63. The van der Waals surface area contributed by atoms with Gasteiger partial charge in [-0.15, -0.1) is 12.4 Å². The monoisotopic (exact) mass is 834 g/mol. The van der Waals surface area contributed by atoms with E-state index < -0.39 is 42.2 Å². The van der Waals surface area contributed by atoms with Crippen molar-refractivity contribution in [3.8, 4) is 11.5 Å². The van der Waals surface area contributed by atoms with E-state index in [1.165, 1.54) is 17.7 Å². The summed E-state index contributed by atoms with van der Waals surface area (Å²) < 4.78 is 17.8. The van der Waals surface area contributed by atoms with E-state index in [2.05, 4.69) is 38.0 Å². The fourth-order valence-electron chi connectivity index (χ4n) is 11.3. The number of aliphatic hydroxyl groups is 3. The lowest BCUT2D eigenvalue weighted by molar-refractivity contribution is -0.200. The number of methoxy groups -OCH3 is 1. The summed E-state index contributed by atoms with van der Waals surface area (Å²) in [5.74, 6) is 0.839. The number of halogens is 1. The lowest BCUT2D eigenvalue weighted by atomic mass is 9.46. The van der Waals surface area contributed by atoms with E-state index in [1.807, 2.05) is 30.3 Å². The molecule has 6 N–H and O–H groups in total. The molecule has 13 heteroatoms. The van der Waals surface area contributed by atoms with Gasteiger partial charge in [-0.1, -0.05) is 57.0 Å². The quantitative estimate of drug-likeness (QED) is 0.141. The molecule has 3 aromatic rings. The largest absolute Gasteiger partial charge is 0.506 e. The van der Waals surface area contributed by atoms with Crippen molar-refractivity contribution in [3.05, 3.63) is 93.8 Å². The topological polar surface area (TPSA) is 188 Å². The first-order chi connectivity index (χ1) is 27.7. The Bertz CT molecular complexity index is 2140. The Kier molecular flexibility index (Phi) is 13.3. The number of aromatic hydroxyl groups is 1. The van der Waals surface area contributed by atoms with E-state index in [9.17, 15) is 34.8 Å². The number of benzene rings is 2. The summed E-state index contributed by atoms with van der Waals surface area (Å²) in [6.07, 6.45) is 8.37. The third-order valence-electron chi connectivity index (χ3n) is 14.0. The number of ketones is 2. The molecular formula is C46H59ClN2O10. The van der Waals surface area contributed by atoms with Gasteiger partial charge in [0.15, 0.2) is 23.5 Å². The van der Waals surface area contributed by atoms with Gasteiger partial charge in [0.1, 0.15) is 18.1 Å². The summed E-state index contributed by atoms with van der Waals surface area (Å²) in [6.45, 7) is 8.09. The number of carbonyl (C=O) groups is 2. The number of aromatic amines is 1. The van der Waals surface area contributed by atoms with Gasteiger partial charge >= 0.3 is 0 Å². The van der Waals surface area contributed by atoms with Gasteiger partial charge in [-0.05, 0) is 105 Å². The van der Waals surface area contributed by atoms with Crippen LogP contribution in [0.1, 0.15) is 83.5 Å². The van der Waals surface area contributed by atoms with Crippen molar-refractivity contribution in [2.75, 3.05) is 20.3 Å². The Morgan fingerprint density at radius 2 is 1.85 bits per heavy atom. The number of hydrogen-bond acceptors (Lipinski definition) is 11. The predicted octanol–water partition coefficient (Wildman–Crippen LogP) is 5.64. The number of carbonyl (C=O) groups excluding carboxylic acids is 2. The van der Waals surface area contributed by atoms with Crippen LogP contribution in [-0.4, -0.2) is 87.4 Å². The number of fused-ring (bicyclic) bond motifs is 8. The Morgan fingerprint density at radius 1 is 1.10 bits per heavy atom. The highest BCUT2D eigenvalue weighted by molar-refractivity contribution is 6.01. The molecule has 1 unspecified atom stereocenters. The average molecular weight is 835 g/mol. The van der Waals surface area contributed by atoms with E-state index in [4.69, 9.17) is 14.2 Å². The van der Waals surface area contributed by atoms with Gasteiger partial charge in [0, 0.05) is 40.8 Å². The molecule has 320 valence electrons. The summed E-state index contributed by atoms with van der Waals surface area (Å²) in [4.78, 5) is 39.3. The Morgan fingerprint density at radius 3 is 2.54 bits per heavy atom. The molecule has 59 heavy (non-hydrogen) atoms. The number of hydrogen-bond donors (Lipinski definition) is 6. The third-order valence-corrected chi connectivity index (χ3v) is 14.0. The van der Waals surface area contributed by atoms with Crippen LogP contribution in [0.5, 0.6) is 11.5 Å². The summed E-state index contributed by atoms with van der Waals surface area (Å²) in [5, 5.41) is 45.9. The second-order valence-corrected chi connectivity index (χ2v) is 17.4. The molecule has 3 saturated carbocycles.